The second kappa shape index (κ2) is 5.23. The summed E-state index contributed by atoms with van der Waals surface area (Å²) in [7, 11) is 1.28. The molecule has 1 aromatic rings. The molecule has 0 aliphatic carbocycles. The predicted molar refractivity (Wildman–Crippen MR) is 56.7 cm³/mol. The fourth-order valence-corrected chi connectivity index (χ4v) is 1.52. The van der Waals surface area contributed by atoms with Crippen LogP contribution in [-0.2, 0) is 9.53 Å². The van der Waals surface area contributed by atoms with E-state index in [1.807, 2.05) is 30.3 Å². The van der Waals surface area contributed by atoms with Crippen molar-refractivity contribution in [1.82, 2.24) is 0 Å². The quantitative estimate of drug-likeness (QED) is 0.592. The molecule has 0 aliphatic rings. The number of halogens is 2. The van der Waals surface area contributed by atoms with Gasteiger partial charge >= 0.3 is 5.97 Å². The molecule has 0 saturated heterocycles. The maximum absolute atomic E-state index is 11.1. The van der Waals surface area contributed by atoms with Crippen LogP contribution >= 0.6 is 23.2 Å². The maximum Gasteiger partial charge on any atom is 0.325 e. The van der Waals surface area contributed by atoms with Crippen LogP contribution in [0.2, 0.25) is 0 Å². The summed E-state index contributed by atoms with van der Waals surface area (Å²) in [4.78, 5) is 11.1. The number of methoxy groups -OCH3 is 1. The van der Waals surface area contributed by atoms with Crippen LogP contribution in [0.3, 0.4) is 0 Å². The molecule has 0 aromatic heterocycles. The third-order valence-corrected chi connectivity index (χ3v) is 2.86. The normalized spacial score (nSPS) is 14.5. The molecule has 0 bridgehead atoms. The minimum Gasteiger partial charge on any atom is -0.468 e. The van der Waals surface area contributed by atoms with Crippen LogP contribution in [0.25, 0.3) is 0 Å². The predicted octanol–water partition coefficient (Wildman–Crippen LogP) is 2.75. The molecule has 4 heteroatoms. The lowest BCUT2D eigenvalue weighted by Gasteiger charge is -2.13. The third kappa shape index (κ3) is 2.63. The summed E-state index contributed by atoms with van der Waals surface area (Å²) in [6, 6.07) is 9.18. The van der Waals surface area contributed by atoms with Crippen molar-refractivity contribution in [2.45, 2.75) is 10.8 Å². The van der Waals surface area contributed by atoms with Gasteiger partial charge in [-0.1, -0.05) is 30.3 Å². The number of benzene rings is 1. The van der Waals surface area contributed by atoms with E-state index in [1.54, 1.807) is 0 Å². The largest absolute Gasteiger partial charge is 0.468 e. The molecule has 2 atom stereocenters. The second-order valence-electron chi connectivity index (χ2n) is 2.74. The number of esters is 1. The molecule has 0 aliphatic heterocycles. The van der Waals surface area contributed by atoms with Crippen LogP contribution in [0, 0.1) is 0 Å². The van der Waals surface area contributed by atoms with Crippen molar-refractivity contribution in [2.75, 3.05) is 7.11 Å². The van der Waals surface area contributed by atoms with Crippen LogP contribution in [0.1, 0.15) is 10.9 Å². The summed E-state index contributed by atoms with van der Waals surface area (Å²) in [6.45, 7) is 0. The smallest absolute Gasteiger partial charge is 0.325 e. The summed E-state index contributed by atoms with van der Waals surface area (Å²) in [5, 5.41) is -1.42. The maximum atomic E-state index is 11.1. The minimum absolute atomic E-state index is 0.518. The van der Waals surface area contributed by atoms with Crippen molar-refractivity contribution in [2.24, 2.45) is 0 Å². The molecule has 0 fully saturated rings. The van der Waals surface area contributed by atoms with E-state index in [-0.39, 0.29) is 0 Å². The van der Waals surface area contributed by atoms with Crippen molar-refractivity contribution in [3.05, 3.63) is 35.9 Å². The minimum atomic E-state index is -0.857. The molecule has 76 valence electrons. The molecule has 2 nitrogen and oxygen atoms in total. The topological polar surface area (TPSA) is 26.3 Å². The molecule has 0 spiro atoms. The SMILES string of the molecule is COC(=O)[C@@H](Cl)[C@@H](Cl)c1ccccc1. The fourth-order valence-electron chi connectivity index (χ4n) is 1.04. The third-order valence-electron chi connectivity index (χ3n) is 1.80. The lowest BCUT2D eigenvalue weighted by atomic mass is 10.1. The average molecular weight is 233 g/mol. The van der Waals surface area contributed by atoms with E-state index in [1.165, 1.54) is 7.11 Å². The van der Waals surface area contributed by atoms with Crippen LogP contribution in [0.5, 0.6) is 0 Å². The van der Waals surface area contributed by atoms with Crippen molar-refractivity contribution >= 4 is 29.2 Å². The van der Waals surface area contributed by atoms with Crippen molar-refractivity contribution in [1.29, 1.82) is 0 Å². The molecule has 0 radical (unpaired) electrons. The molecule has 0 saturated carbocycles. The number of carbonyl (C=O) groups excluding carboxylic acids is 1. The van der Waals surface area contributed by atoms with Crippen LogP contribution in [0.4, 0.5) is 0 Å². The van der Waals surface area contributed by atoms with Gasteiger partial charge < -0.3 is 4.74 Å². The zero-order chi connectivity index (χ0) is 10.6. The van der Waals surface area contributed by atoms with Gasteiger partial charge in [0.15, 0.2) is 5.38 Å². The Morgan fingerprint density at radius 3 is 2.36 bits per heavy atom. The van der Waals surface area contributed by atoms with E-state index in [2.05, 4.69) is 4.74 Å². The number of hydrogen-bond acceptors (Lipinski definition) is 2. The summed E-state index contributed by atoms with van der Waals surface area (Å²) in [5.41, 5.74) is 0.805. The second-order valence-corrected chi connectivity index (χ2v) is 3.68. The lowest BCUT2D eigenvalue weighted by Crippen LogP contribution is -2.20. The van der Waals surface area contributed by atoms with E-state index >= 15 is 0 Å². The van der Waals surface area contributed by atoms with Gasteiger partial charge in [0, 0.05) is 0 Å². The van der Waals surface area contributed by atoms with Crippen molar-refractivity contribution in [3.63, 3.8) is 0 Å². The van der Waals surface area contributed by atoms with Crippen molar-refractivity contribution in [3.8, 4) is 0 Å². The van der Waals surface area contributed by atoms with E-state index in [9.17, 15) is 4.79 Å². The number of alkyl halides is 2. The molecule has 0 amide bonds. The molecule has 0 N–H and O–H groups in total. The van der Waals surface area contributed by atoms with Gasteiger partial charge in [0.1, 0.15) is 0 Å². The number of ether oxygens (including phenoxy) is 1. The highest BCUT2D eigenvalue weighted by molar-refractivity contribution is 6.36. The van der Waals surface area contributed by atoms with Gasteiger partial charge in [-0.05, 0) is 5.56 Å². The van der Waals surface area contributed by atoms with E-state index in [0.29, 0.717) is 0 Å². The summed E-state index contributed by atoms with van der Waals surface area (Å²) in [6.07, 6.45) is 0. The van der Waals surface area contributed by atoms with Gasteiger partial charge in [0.2, 0.25) is 0 Å². The van der Waals surface area contributed by atoms with Gasteiger partial charge in [-0.25, -0.2) is 0 Å². The molecule has 0 unspecified atom stereocenters. The summed E-state index contributed by atoms with van der Waals surface area (Å²) >= 11 is 11.8. The first kappa shape index (κ1) is 11.3. The molecule has 1 aromatic carbocycles. The molecule has 1 rings (SSSR count). The van der Waals surface area contributed by atoms with Gasteiger partial charge in [-0.3, -0.25) is 4.79 Å². The van der Waals surface area contributed by atoms with E-state index in [0.717, 1.165) is 5.56 Å². The van der Waals surface area contributed by atoms with Crippen LogP contribution in [0.15, 0.2) is 30.3 Å². The number of carbonyl (C=O) groups is 1. The Morgan fingerprint density at radius 2 is 1.86 bits per heavy atom. The first-order chi connectivity index (χ1) is 6.66. The van der Waals surface area contributed by atoms with Gasteiger partial charge in [0.25, 0.3) is 0 Å². The highest BCUT2D eigenvalue weighted by Gasteiger charge is 2.26. The molecular weight excluding hydrogens is 223 g/mol. The van der Waals surface area contributed by atoms with E-state index < -0.39 is 16.7 Å². The Balaban J connectivity index is 2.75. The van der Waals surface area contributed by atoms with Gasteiger partial charge in [-0.2, -0.15) is 0 Å². The number of rotatable bonds is 3. The first-order valence-corrected chi connectivity index (χ1v) is 4.95. The van der Waals surface area contributed by atoms with Gasteiger partial charge in [-0.15, -0.1) is 23.2 Å². The van der Waals surface area contributed by atoms with Crippen molar-refractivity contribution < 1.29 is 9.53 Å². The Bertz CT molecular complexity index is 300. The number of hydrogen-bond donors (Lipinski definition) is 0. The highest BCUT2D eigenvalue weighted by atomic mass is 35.5. The average Bonchev–Trinajstić information content (AvgIpc) is 2.27. The Hall–Kier alpha value is -0.730. The molecule has 14 heavy (non-hydrogen) atoms. The standard InChI is InChI=1S/C10H10Cl2O2/c1-14-10(13)9(12)8(11)7-5-3-2-4-6-7/h2-6,8-9H,1H3/t8-,9-/m0/s1. The zero-order valence-electron chi connectivity index (χ0n) is 7.61. The molecule has 0 heterocycles. The first-order valence-electron chi connectivity index (χ1n) is 4.07. The van der Waals surface area contributed by atoms with Crippen LogP contribution < -0.4 is 0 Å². The monoisotopic (exact) mass is 232 g/mol. The van der Waals surface area contributed by atoms with Gasteiger partial charge in [0.05, 0.1) is 12.5 Å². The summed E-state index contributed by atoms with van der Waals surface area (Å²) in [5.74, 6) is -0.518. The Kier molecular flexibility index (Phi) is 4.23. The fraction of sp³-hybridized carbons (Fsp3) is 0.300. The Labute approximate surface area is 92.8 Å². The van der Waals surface area contributed by atoms with Crippen LogP contribution in [-0.4, -0.2) is 18.5 Å². The lowest BCUT2D eigenvalue weighted by molar-refractivity contribution is -0.140. The summed E-state index contributed by atoms with van der Waals surface area (Å²) < 4.78 is 4.50. The highest BCUT2D eigenvalue weighted by Crippen LogP contribution is 2.28. The Morgan fingerprint density at radius 1 is 1.29 bits per heavy atom. The zero-order valence-corrected chi connectivity index (χ0v) is 9.13. The van der Waals surface area contributed by atoms with E-state index in [4.69, 9.17) is 23.2 Å². The molecular formula is C10H10Cl2O2.